The minimum Gasteiger partial charge on any atom is -0.489 e. The smallest absolute Gasteiger partial charge is 0.319 e. The van der Waals surface area contributed by atoms with Crippen LogP contribution >= 0.6 is 11.3 Å². The van der Waals surface area contributed by atoms with Crippen molar-refractivity contribution in [2.24, 2.45) is 4.99 Å². The SMILES string of the molecule is C=Nc1ccc(-c2csc(C3=C(C)NC(=O)NC3c3ccc(OCc4ccccc4)c(C)c3)n2)cc1. The molecule has 180 valence electrons. The molecule has 7 heteroatoms. The van der Waals surface area contributed by atoms with Gasteiger partial charge in [-0.05, 0) is 61.5 Å². The molecule has 0 bridgehead atoms. The van der Waals surface area contributed by atoms with E-state index in [1.54, 1.807) is 11.3 Å². The van der Waals surface area contributed by atoms with Crippen molar-refractivity contribution in [3.8, 4) is 17.0 Å². The molecule has 0 saturated heterocycles. The Bertz CT molecular complexity index is 1440. The number of nitrogens with zero attached hydrogens (tertiary/aromatic N) is 2. The zero-order valence-electron chi connectivity index (χ0n) is 20.1. The Morgan fingerprint density at radius 1 is 1.06 bits per heavy atom. The fraction of sp³-hybridized carbons (Fsp3) is 0.138. The Balaban J connectivity index is 1.42. The molecule has 36 heavy (non-hydrogen) atoms. The molecule has 3 aromatic carbocycles. The fourth-order valence-corrected chi connectivity index (χ4v) is 5.21. The van der Waals surface area contributed by atoms with Crippen molar-refractivity contribution in [2.75, 3.05) is 0 Å². The molecule has 4 aromatic rings. The lowest BCUT2D eigenvalue weighted by atomic mass is 9.94. The number of aliphatic imine (C=N–C) groups is 1. The van der Waals surface area contributed by atoms with Gasteiger partial charge in [-0.15, -0.1) is 11.3 Å². The van der Waals surface area contributed by atoms with Crippen molar-refractivity contribution in [2.45, 2.75) is 26.5 Å². The maximum Gasteiger partial charge on any atom is 0.319 e. The highest BCUT2D eigenvalue weighted by atomic mass is 32.1. The highest BCUT2D eigenvalue weighted by Gasteiger charge is 2.30. The molecule has 0 aliphatic carbocycles. The highest BCUT2D eigenvalue weighted by molar-refractivity contribution is 7.11. The highest BCUT2D eigenvalue weighted by Crippen LogP contribution is 2.38. The molecule has 0 fully saturated rings. The van der Waals surface area contributed by atoms with Crippen LogP contribution in [0.1, 0.15) is 34.7 Å². The minimum absolute atomic E-state index is 0.229. The van der Waals surface area contributed by atoms with Gasteiger partial charge in [0.15, 0.2) is 0 Å². The van der Waals surface area contributed by atoms with Crippen molar-refractivity contribution in [1.29, 1.82) is 0 Å². The molecule has 0 spiro atoms. The van der Waals surface area contributed by atoms with E-state index in [4.69, 9.17) is 9.72 Å². The third-order valence-electron chi connectivity index (χ3n) is 6.12. The standard InChI is InChI=1S/C29H26N4O2S/c1-18-15-22(11-14-25(18)35-16-20-7-5-4-6-8-20)27-26(19(2)31-29(34)33-27)28-32-24(17-36-28)21-9-12-23(30-3)13-10-21/h4-15,17,27H,3,16H2,1-2H3,(H2,31,33,34). The van der Waals surface area contributed by atoms with Crippen LogP contribution in [0.3, 0.4) is 0 Å². The quantitative estimate of drug-likeness (QED) is 0.277. The van der Waals surface area contributed by atoms with E-state index >= 15 is 0 Å². The van der Waals surface area contributed by atoms with Gasteiger partial charge in [-0.1, -0.05) is 48.5 Å². The first-order chi connectivity index (χ1) is 17.5. The lowest BCUT2D eigenvalue weighted by Crippen LogP contribution is -2.42. The number of carbonyl (C=O) groups is 1. The summed E-state index contributed by atoms with van der Waals surface area (Å²) in [7, 11) is 0. The van der Waals surface area contributed by atoms with Crippen molar-refractivity contribution in [1.82, 2.24) is 15.6 Å². The van der Waals surface area contributed by atoms with Crippen molar-refractivity contribution in [3.63, 3.8) is 0 Å². The minimum atomic E-state index is -0.327. The van der Waals surface area contributed by atoms with Crippen LogP contribution in [-0.2, 0) is 6.61 Å². The summed E-state index contributed by atoms with van der Waals surface area (Å²) in [6.45, 7) is 8.00. The largest absolute Gasteiger partial charge is 0.489 e. The third kappa shape index (κ3) is 4.92. The van der Waals surface area contributed by atoms with Crippen molar-refractivity contribution >= 4 is 35.3 Å². The maximum atomic E-state index is 12.4. The van der Waals surface area contributed by atoms with Gasteiger partial charge in [-0.3, -0.25) is 4.99 Å². The summed E-state index contributed by atoms with van der Waals surface area (Å²) in [6.07, 6.45) is 0. The van der Waals surface area contributed by atoms with Crippen LogP contribution in [-0.4, -0.2) is 17.7 Å². The summed E-state index contributed by atoms with van der Waals surface area (Å²) in [5.41, 5.74) is 7.53. The zero-order chi connectivity index (χ0) is 25.1. The Morgan fingerprint density at radius 2 is 1.83 bits per heavy atom. The van der Waals surface area contributed by atoms with Gasteiger partial charge in [0.25, 0.3) is 0 Å². The lowest BCUT2D eigenvalue weighted by Gasteiger charge is -2.28. The van der Waals surface area contributed by atoms with Crippen molar-refractivity contribution < 1.29 is 9.53 Å². The van der Waals surface area contributed by atoms with Crippen LogP contribution in [0.15, 0.2) is 88.9 Å². The maximum absolute atomic E-state index is 12.4. The van der Waals surface area contributed by atoms with Crippen LogP contribution in [0.5, 0.6) is 5.75 Å². The van der Waals surface area contributed by atoms with Gasteiger partial charge in [0.05, 0.1) is 17.4 Å². The van der Waals surface area contributed by atoms with Gasteiger partial charge < -0.3 is 15.4 Å². The number of aromatic nitrogens is 1. The molecule has 6 nitrogen and oxygen atoms in total. The first kappa shape index (κ1) is 23.5. The molecular weight excluding hydrogens is 468 g/mol. The number of benzene rings is 3. The number of hydrogen-bond acceptors (Lipinski definition) is 5. The molecule has 1 aromatic heterocycles. The number of urea groups is 1. The predicted octanol–water partition coefficient (Wildman–Crippen LogP) is 6.81. The summed E-state index contributed by atoms with van der Waals surface area (Å²) in [5.74, 6) is 0.819. The van der Waals surface area contributed by atoms with Gasteiger partial charge in [-0.25, -0.2) is 9.78 Å². The second kappa shape index (κ2) is 10.2. The van der Waals surface area contributed by atoms with Gasteiger partial charge in [0.2, 0.25) is 0 Å². The zero-order valence-corrected chi connectivity index (χ0v) is 20.9. The summed E-state index contributed by atoms with van der Waals surface area (Å²) in [5, 5.41) is 8.87. The second-order valence-corrected chi connectivity index (χ2v) is 9.47. The number of thiazole rings is 1. The van der Waals surface area contributed by atoms with Gasteiger partial charge in [0, 0.05) is 22.2 Å². The number of nitrogens with one attached hydrogen (secondary N) is 2. The van der Waals surface area contributed by atoms with E-state index in [0.717, 1.165) is 55.7 Å². The molecule has 1 aliphatic rings. The number of allylic oxidation sites excluding steroid dienone is 1. The Morgan fingerprint density at radius 3 is 2.56 bits per heavy atom. The molecule has 1 atom stereocenters. The van der Waals surface area contributed by atoms with E-state index in [-0.39, 0.29) is 12.1 Å². The van der Waals surface area contributed by atoms with Crippen LogP contribution in [0.4, 0.5) is 10.5 Å². The van der Waals surface area contributed by atoms with Gasteiger partial charge >= 0.3 is 6.03 Å². The van der Waals surface area contributed by atoms with E-state index in [9.17, 15) is 4.79 Å². The second-order valence-electron chi connectivity index (χ2n) is 8.61. The van der Waals surface area contributed by atoms with Gasteiger partial charge in [-0.2, -0.15) is 0 Å². The number of carbonyl (C=O) groups excluding carboxylic acids is 1. The van der Waals surface area contributed by atoms with Crippen LogP contribution < -0.4 is 15.4 Å². The molecule has 0 saturated carbocycles. The average molecular weight is 495 g/mol. The molecule has 2 N–H and O–H groups in total. The Kier molecular flexibility index (Phi) is 6.64. The molecule has 1 unspecified atom stereocenters. The summed E-state index contributed by atoms with van der Waals surface area (Å²) < 4.78 is 6.06. The molecule has 5 rings (SSSR count). The molecule has 1 aliphatic heterocycles. The number of ether oxygens (including phenoxy) is 1. The number of amides is 2. The topological polar surface area (TPSA) is 75.6 Å². The molecular formula is C29H26N4O2S. The fourth-order valence-electron chi connectivity index (χ4n) is 4.24. The average Bonchev–Trinajstić information content (AvgIpc) is 3.38. The molecule has 2 heterocycles. The first-order valence-electron chi connectivity index (χ1n) is 11.6. The monoisotopic (exact) mass is 494 g/mol. The van der Waals surface area contributed by atoms with E-state index < -0.39 is 0 Å². The Hall–Kier alpha value is -4.23. The summed E-state index contributed by atoms with van der Waals surface area (Å²) in [6, 6.07) is 23.4. The van der Waals surface area contributed by atoms with Crippen LogP contribution in [0, 0.1) is 6.92 Å². The van der Waals surface area contributed by atoms with E-state index in [1.165, 1.54) is 0 Å². The normalized spacial score (nSPS) is 15.3. The Labute approximate surface area is 214 Å². The summed E-state index contributed by atoms with van der Waals surface area (Å²) in [4.78, 5) is 21.3. The van der Waals surface area contributed by atoms with E-state index in [0.29, 0.717) is 6.61 Å². The van der Waals surface area contributed by atoms with Gasteiger partial charge in [0.1, 0.15) is 17.4 Å². The van der Waals surface area contributed by atoms with E-state index in [1.807, 2.05) is 86.0 Å². The summed E-state index contributed by atoms with van der Waals surface area (Å²) >= 11 is 1.56. The van der Waals surface area contributed by atoms with Crippen molar-refractivity contribution in [3.05, 3.63) is 106 Å². The lowest BCUT2D eigenvalue weighted by molar-refractivity contribution is 0.240. The molecule has 0 radical (unpaired) electrons. The molecule has 2 amide bonds. The predicted molar refractivity (Wildman–Crippen MR) is 146 cm³/mol. The number of rotatable bonds is 7. The third-order valence-corrected chi connectivity index (χ3v) is 6.99. The van der Waals surface area contributed by atoms with E-state index in [2.05, 4.69) is 28.4 Å². The number of aryl methyl sites for hydroxylation is 1. The van der Waals surface area contributed by atoms with Crippen LogP contribution in [0.2, 0.25) is 0 Å². The van der Waals surface area contributed by atoms with Crippen LogP contribution in [0.25, 0.3) is 16.8 Å². The number of hydrogen-bond donors (Lipinski definition) is 2. The first-order valence-corrected chi connectivity index (χ1v) is 12.5.